The van der Waals surface area contributed by atoms with E-state index in [1.807, 2.05) is 148 Å². The highest BCUT2D eigenvalue weighted by Gasteiger charge is 2.38. The van der Waals surface area contributed by atoms with Gasteiger partial charge in [-0.3, -0.25) is 58.7 Å². The summed E-state index contributed by atoms with van der Waals surface area (Å²) in [6.07, 6.45) is 14.3. The number of ether oxygens (including phenoxy) is 7. The Bertz CT molecular complexity index is 4480. The summed E-state index contributed by atoms with van der Waals surface area (Å²) in [7, 11) is 0. The molecule has 8 aromatic rings. The summed E-state index contributed by atoms with van der Waals surface area (Å²) in [6, 6.07) is 41.2. The van der Waals surface area contributed by atoms with Gasteiger partial charge in [-0.15, -0.1) is 0 Å². The first-order valence-corrected chi connectivity index (χ1v) is 42.6. The van der Waals surface area contributed by atoms with Gasteiger partial charge >= 0.3 is 42.2 Å². The van der Waals surface area contributed by atoms with Gasteiger partial charge in [0, 0.05) is 99.0 Å². The number of nitrogens with zero attached hydrogens (tertiary/aromatic N) is 10. The van der Waals surface area contributed by atoms with Crippen molar-refractivity contribution in [3.8, 4) is 0 Å². The van der Waals surface area contributed by atoms with Crippen LogP contribution in [0.1, 0.15) is 272 Å². The molecule has 10 rings (SSSR count). The van der Waals surface area contributed by atoms with E-state index in [1.165, 1.54) is 43.0 Å². The van der Waals surface area contributed by atoms with Crippen LogP contribution in [-0.2, 0) is 81.3 Å². The molecule has 0 amide bonds. The van der Waals surface area contributed by atoms with Crippen molar-refractivity contribution >= 4 is 59.6 Å². The number of aryl methyl sites for hydroxylation is 4. The number of rotatable bonds is 17. The van der Waals surface area contributed by atoms with E-state index in [1.54, 1.807) is 164 Å². The predicted molar refractivity (Wildman–Crippen MR) is 487 cm³/mol. The Hall–Kier alpha value is -11.5. The van der Waals surface area contributed by atoms with Crippen molar-refractivity contribution in [2.75, 3.05) is 36.0 Å². The number of carboxylic acids is 1. The number of carbonyl (C=O) groups is 8. The highest BCUT2D eigenvalue weighted by atomic mass is 16.8. The van der Waals surface area contributed by atoms with Gasteiger partial charge in [0.25, 0.3) is 0 Å². The smallest absolute Gasteiger partial charge is 0.481 e. The first-order chi connectivity index (χ1) is 58.2. The van der Waals surface area contributed by atoms with Gasteiger partial charge in [0.15, 0.2) is 5.92 Å². The van der Waals surface area contributed by atoms with E-state index in [2.05, 4.69) is 81.5 Å². The first-order valence-electron chi connectivity index (χ1n) is 42.6. The third-order valence-electron chi connectivity index (χ3n) is 17.7. The Balaban J connectivity index is 0.000000377. The highest BCUT2D eigenvalue weighted by molar-refractivity contribution is 6.00. The maximum Gasteiger partial charge on any atom is 0.519 e. The Morgan fingerprint density at radius 2 is 0.744 bits per heavy atom. The minimum Gasteiger partial charge on any atom is -0.481 e. The summed E-state index contributed by atoms with van der Waals surface area (Å²) >= 11 is 0. The van der Waals surface area contributed by atoms with Crippen LogP contribution in [0.5, 0.6) is 0 Å². The molecule has 0 bridgehead atoms. The lowest BCUT2D eigenvalue weighted by atomic mass is 9.95. The number of hydrogen-bond donors (Lipinski definition) is 2. The first kappa shape index (κ1) is 108. The monoisotopic (exact) mass is 1730 g/mol. The molecule has 27 nitrogen and oxygen atoms in total. The third kappa shape index (κ3) is 46.7. The average molecular weight is 1730 g/mol. The van der Waals surface area contributed by atoms with Gasteiger partial charge in [-0.25, -0.2) is 19.6 Å². The van der Waals surface area contributed by atoms with Crippen LogP contribution in [0.3, 0.4) is 0 Å². The van der Waals surface area contributed by atoms with E-state index in [0.29, 0.717) is 24.4 Å². The largest absolute Gasteiger partial charge is 0.519 e. The molecule has 0 aromatic carbocycles. The SMILES string of the molecule is CC(C(=O)O)c1ccccn1.CC(C(=O)OC(C)(C)C)c1ccccn1.CC(C)(C)OC(=O)C(C(=O)OC(C)(C)C)c1ccccn1.CC(C)(C)OC(=O)Cc1ccccn1.CC(C)(C)OC(=O)OC(=O)OC(C)(C)C.Cc1ccc(CCC(=O)C(C)c2ccccn2)c(N2CCC(C)CC2)n1.Cc1ccc(CN)c(N2CCC(C)CC2)n1.Cc1ccccn1. The number of ketones is 1. The van der Waals surface area contributed by atoms with Gasteiger partial charge in [-0.2, -0.15) is 0 Å². The van der Waals surface area contributed by atoms with E-state index in [9.17, 15) is 38.4 Å². The molecule has 3 N–H and O–H groups in total. The summed E-state index contributed by atoms with van der Waals surface area (Å²) in [4.78, 5) is 132. The van der Waals surface area contributed by atoms with E-state index in [0.717, 1.165) is 90.2 Å². The Labute approximate surface area is 742 Å². The summed E-state index contributed by atoms with van der Waals surface area (Å²) in [5, 5.41) is 8.60. The van der Waals surface area contributed by atoms with E-state index < -0.39 is 75.7 Å². The Morgan fingerprint density at radius 1 is 0.400 bits per heavy atom. The lowest BCUT2D eigenvalue weighted by molar-refractivity contribution is -0.170. The number of pyridine rings is 8. The van der Waals surface area contributed by atoms with Crippen molar-refractivity contribution in [3.63, 3.8) is 0 Å². The predicted octanol–water partition coefficient (Wildman–Crippen LogP) is 19.3. The molecular formula is C98H139N11O16. The number of aliphatic carboxylic acids is 1. The van der Waals surface area contributed by atoms with E-state index >= 15 is 0 Å². The van der Waals surface area contributed by atoms with Crippen LogP contribution < -0.4 is 15.5 Å². The molecule has 2 fully saturated rings. The second kappa shape index (κ2) is 52.3. The number of anilines is 2. The van der Waals surface area contributed by atoms with Crippen LogP contribution in [0.25, 0.3) is 0 Å². The molecule has 27 heteroatoms. The number of nitrogens with two attached hydrogens (primary N) is 1. The van der Waals surface area contributed by atoms with Gasteiger partial charge < -0.3 is 53.8 Å². The van der Waals surface area contributed by atoms with Gasteiger partial charge in [0.1, 0.15) is 51.0 Å². The molecule has 2 saturated heterocycles. The maximum absolute atomic E-state index is 12.6. The standard InChI is InChI=1S/C22H29N3O.C16H23NO4.C13H21N3.C12H17NO2.C11H15NO2.C10H18O5.C8H9NO2.C6H7N/c1-16-11-14-25(15-12-16)22-19(8-7-17(2)24-22)9-10-21(26)18(3)20-6-4-5-13-23-20;1-15(2,3)20-13(18)12(11-9-7-8-10-17-11)14(19)21-16(4,5)6;1-10-5-7-16(8-6-10)13-12(9-14)4-3-11(2)15-13;1-9(10-7-5-6-8-13-10)11(14)15-12(2,3)4;1-11(2,3)14-10(13)8-9-6-4-5-7-12-9;1-9(2,3)14-7(11)13-8(12)15-10(4,5)6;1-6(8(10)11)7-4-2-3-5-9-7;1-6-4-2-3-5-7-6/h4-8,13,16,18H,9-12,14-15H2,1-3H3;7-10,12H,1-6H3;3-4,10H,5-9,14H2,1-2H3;5-9H,1-4H3;4-7H,8H2,1-3H3;1-6H3;2-6H,1H3,(H,10,11);2-5H,1H3. The summed E-state index contributed by atoms with van der Waals surface area (Å²) in [6.45, 7) is 52.6. The number of hydrogen-bond acceptors (Lipinski definition) is 26. The third-order valence-corrected chi connectivity index (χ3v) is 17.7. The molecule has 3 atom stereocenters. The van der Waals surface area contributed by atoms with Crippen molar-refractivity contribution in [3.05, 3.63) is 227 Å². The number of carboxylic acid groups (broad SMARTS) is 1. The van der Waals surface area contributed by atoms with Crippen LogP contribution in [0.2, 0.25) is 0 Å². The zero-order valence-corrected chi connectivity index (χ0v) is 78.7. The molecule has 682 valence electrons. The van der Waals surface area contributed by atoms with Crippen molar-refractivity contribution in [2.24, 2.45) is 17.6 Å². The van der Waals surface area contributed by atoms with E-state index in [-0.39, 0.29) is 36.0 Å². The quantitative estimate of drug-likeness (QED) is 0.0486. The molecule has 0 aliphatic carbocycles. The molecule has 10 heterocycles. The molecular weight excluding hydrogens is 1590 g/mol. The molecule has 2 aliphatic heterocycles. The van der Waals surface area contributed by atoms with Crippen molar-refractivity contribution in [2.45, 2.75) is 289 Å². The number of esters is 4. The van der Waals surface area contributed by atoms with Gasteiger partial charge in [-0.05, 0) is 301 Å². The second-order valence-corrected chi connectivity index (χ2v) is 36.5. The van der Waals surface area contributed by atoms with Gasteiger partial charge in [-0.1, -0.05) is 62.4 Å². The van der Waals surface area contributed by atoms with Crippen LogP contribution in [-0.4, -0.2) is 153 Å². The second-order valence-electron chi connectivity index (χ2n) is 36.5. The topological polar surface area (TPSA) is 357 Å². The van der Waals surface area contributed by atoms with Crippen LogP contribution in [0.4, 0.5) is 21.2 Å². The van der Waals surface area contributed by atoms with Crippen molar-refractivity contribution < 1.29 is 76.6 Å². The number of carbonyl (C=O) groups excluding carboxylic acids is 7. The van der Waals surface area contributed by atoms with Crippen molar-refractivity contribution in [1.82, 2.24) is 39.9 Å². The van der Waals surface area contributed by atoms with Crippen molar-refractivity contribution in [1.29, 1.82) is 0 Å². The summed E-state index contributed by atoms with van der Waals surface area (Å²) in [5.74, 6) is -0.734. The molecule has 2 aliphatic rings. The number of piperidine rings is 2. The fraction of sp³-hybridized carbons (Fsp3) is 0.510. The minimum absolute atomic E-state index is 0.158. The van der Waals surface area contributed by atoms with Crippen LogP contribution >= 0.6 is 0 Å². The Kier molecular flexibility index (Phi) is 45.1. The van der Waals surface area contributed by atoms with Crippen LogP contribution in [0.15, 0.2) is 171 Å². The number of aromatic nitrogens is 8. The molecule has 3 unspecified atom stereocenters. The fourth-order valence-corrected chi connectivity index (χ4v) is 11.4. The zero-order chi connectivity index (χ0) is 94.1. The normalized spacial score (nSPS) is 13.6. The summed E-state index contributed by atoms with van der Waals surface area (Å²) in [5.41, 5.74) is 10.9. The van der Waals surface area contributed by atoms with Gasteiger partial charge in [0.05, 0.1) is 52.6 Å². The average Bonchev–Trinajstić information content (AvgIpc) is 0.834. The molecule has 0 radical (unpaired) electrons. The molecule has 8 aromatic heterocycles. The van der Waals surface area contributed by atoms with Gasteiger partial charge in [0.2, 0.25) is 0 Å². The Morgan fingerprint density at radius 3 is 1.08 bits per heavy atom. The molecule has 0 saturated carbocycles. The minimum atomic E-state index is -1.18. The number of Topliss-reactive ketones (excluding diaryl/α,β-unsaturated/α-hetero) is 1. The summed E-state index contributed by atoms with van der Waals surface area (Å²) < 4.78 is 34.9. The fourth-order valence-electron chi connectivity index (χ4n) is 11.4. The zero-order valence-electron chi connectivity index (χ0n) is 78.7. The lowest BCUT2D eigenvalue weighted by Gasteiger charge is -2.32. The van der Waals surface area contributed by atoms with E-state index in [4.69, 9.17) is 44.2 Å². The molecule has 125 heavy (non-hydrogen) atoms. The lowest BCUT2D eigenvalue weighted by Crippen LogP contribution is -2.35. The maximum atomic E-state index is 12.6. The molecule has 0 spiro atoms. The highest BCUT2D eigenvalue weighted by Crippen LogP contribution is 2.30. The van der Waals surface area contributed by atoms with Crippen LogP contribution in [0, 0.1) is 32.6 Å².